The first-order valence-corrected chi connectivity index (χ1v) is 6.32. The van der Waals surface area contributed by atoms with Gasteiger partial charge in [0.2, 0.25) is 0 Å². The van der Waals surface area contributed by atoms with Crippen LogP contribution in [0.1, 0.15) is 25.8 Å². The minimum absolute atomic E-state index is 0.0905. The van der Waals surface area contributed by atoms with Crippen molar-refractivity contribution in [3.8, 4) is 0 Å². The molecule has 0 saturated heterocycles. The maximum atomic E-state index is 13.4. The second kappa shape index (κ2) is 6.92. The predicted octanol–water partition coefficient (Wildman–Crippen LogP) is 3.71. The summed E-state index contributed by atoms with van der Waals surface area (Å²) in [6, 6.07) is 4.08. The Morgan fingerprint density at radius 3 is 2.29 bits per heavy atom. The Hall–Kier alpha value is -0.670. The van der Waals surface area contributed by atoms with Gasteiger partial charge in [-0.15, -0.1) is 11.6 Å². The monoisotopic (exact) mass is 261 g/mol. The molecule has 1 rings (SSSR count). The maximum Gasteiger partial charge on any atom is 0.130 e. The third-order valence-electron chi connectivity index (χ3n) is 2.83. The Morgan fingerprint density at radius 2 is 1.82 bits per heavy atom. The van der Waals surface area contributed by atoms with Crippen LogP contribution in [0.5, 0.6) is 0 Å². The van der Waals surface area contributed by atoms with Gasteiger partial charge < -0.3 is 5.32 Å². The van der Waals surface area contributed by atoms with Crippen molar-refractivity contribution in [1.82, 2.24) is 5.32 Å². The second-order valence-corrected chi connectivity index (χ2v) is 4.79. The molecule has 0 aliphatic rings. The summed E-state index contributed by atoms with van der Waals surface area (Å²) in [5, 5.41) is 3.15. The molecule has 0 radical (unpaired) electrons. The van der Waals surface area contributed by atoms with Crippen LogP contribution in [0.3, 0.4) is 0 Å². The van der Waals surface area contributed by atoms with E-state index in [0.29, 0.717) is 11.8 Å². The number of rotatable bonds is 6. The quantitative estimate of drug-likeness (QED) is 0.770. The molecule has 17 heavy (non-hydrogen) atoms. The molecule has 0 bridgehead atoms. The fourth-order valence-electron chi connectivity index (χ4n) is 1.72. The Kier molecular flexibility index (Phi) is 5.86. The SMILES string of the molecule is CC(C)C(CCCl)NCc1c(F)cccc1F. The van der Waals surface area contributed by atoms with Crippen LogP contribution in [0.15, 0.2) is 18.2 Å². The van der Waals surface area contributed by atoms with Crippen LogP contribution < -0.4 is 5.32 Å². The van der Waals surface area contributed by atoms with Crippen LogP contribution in [0, 0.1) is 17.6 Å². The zero-order valence-corrected chi connectivity index (χ0v) is 10.9. The van der Waals surface area contributed by atoms with Crippen molar-refractivity contribution in [2.24, 2.45) is 5.92 Å². The van der Waals surface area contributed by atoms with Gasteiger partial charge in [0, 0.05) is 24.0 Å². The summed E-state index contributed by atoms with van der Waals surface area (Å²) in [6.45, 7) is 4.31. The van der Waals surface area contributed by atoms with E-state index in [1.54, 1.807) is 0 Å². The van der Waals surface area contributed by atoms with Gasteiger partial charge in [-0.25, -0.2) is 8.78 Å². The molecule has 1 unspecified atom stereocenters. The van der Waals surface area contributed by atoms with Crippen molar-refractivity contribution in [3.63, 3.8) is 0 Å². The Balaban J connectivity index is 2.65. The second-order valence-electron chi connectivity index (χ2n) is 4.41. The predicted molar refractivity (Wildman–Crippen MR) is 67.2 cm³/mol. The minimum Gasteiger partial charge on any atom is -0.309 e. The van der Waals surface area contributed by atoms with Crippen LogP contribution >= 0.6 is 11.6 Å². The van der Waals surface area contributed by atoms with E-state index in [-0.39, 0.29) is 18.2 Å². The van der Waals surface area contributed by atoms with Gasteiger partial charge in [-0.2, -0.15) is 0 Å². The number of nitrogens with one attached hydrogen (secondary N) is 1. The first kappa shape index (κ1) is 14.4. The molecule has 0 heterocycles. The summed E-state index contributed by atoms with van der Waals surface area (Å²) < 4.78 is 26.8. The van der Waals surface area contributed by atoms with E-state index < -0.39 is 11.6 Å². The molecular formula is C13H18ClF2N. The van der Waals surface area contributed by atoms with Crippen molar-refractivity contribution < 1.29 is 8.78 Å². The molecule has 1 nitrogen and oxygen atoms in total. The Labute approximate surface area is 106 Å². The van der Waals surface area contributed by atoms with Crippen LogP contribution in [0.2, 0.25) is 0 Å². The fraction of sp³-hybridized carbons (Fsp3) is 0.538. The first-order chi connectivity index (χ1) is 8.06. The van der Waals surface area contributed by atoms with E-state index in [9.17, 15) is 8.78 Å². The molecule has 1 N–H and O–H groups in total. The average Bonchev–Trinajstić information content (AvgIpc) is 2.26. The largest absolute Gasteiger partial charge is 0.309 e. The Morgan fingerprint density at radius 1 is 1.24 bits per heavy atom. The van der Waals surface area contributed by atoms with E-state index in [1.165, 1.54) is 18.2 Å². The summed E-state index contributed by atoms with van der Waals surface area (Å²) in [5.74, 6) is -0.101. The molecule has 0 aliphatic heterocycles. The molecule has 0 amide bonds. The minimum atomic E-state index is -0.508. The van der Waals surface area contributed by atoms with Gasteiger partial charge >= 0.3 is 0 Å². The lowest BCUT2D eigenvalue weighted by Crippen LogP contribution is -2.34. The van der Waals surface area contributed by atoms with Crippen molar-refractivity contribution in [1.29, 1.82) is 0 Å². The van der Waals surface area contributed by atoms with Gasteiger partial charge in [0.15, 0.2) is 0 Å². The average molecular weight is 262 g/mol. The molecule has 4 heteroatoms. The highest BCUT2D eigenvalue weighted by molar-refractivity contribution is 6.17. The van der Waals surface area contributed by atoms with Gasteiger partial charge in [0.05, 0.1) is 0 Å². The standard InChI is InChI=1S/C13H18ClF2N/c1-9(2)13(6-7-14)17-8-10-11(15)4-3-5-12(10)16/h3-5,9,13,17H,6-8H2,1-2H3. The highest BCUT2D eigenvalue weighted by Gasteiger charge is 2.14. The van der Waals surface area contributed by atoms with E-state index in [2.05, 4.69) is 19.2 Å². The lowest BCUT2D eigenvalue weighted by atomic mass is 10.0. The van der Waals surface area contributed by atoms with Gasteiger partial charge in [-0.05, 0) is 24.5 Å². The van der Waals surface area contributed by atoms with Crippen LogP contribution in [-0.2, 0) is 6.54 Å². The zero-order chi connectivity index (χ0) is 12.8. The molecule has 1 atom stereocenters. The summed E-state index contributed by atoms with van der Waals surface area (Å²) in [4.78, 5) is 0. The molecule has 96 valence electrons. The lowest BCUT2D eigenvalue weighted by molar-refractivity contribution is 0.381. The molecule has 0 saturated carbocycles. The highest BCUT2D eigenvalue weighted by Crippen LogP contribution is 2.14. The molecule has 0 aliphatic carbocycles. The fourth-order valence-corrected chi connectivity index (χ4v) is 1.96. The normalized spacial score (nSPS) is 13.1. The number of hydrogen-bond acceptors (Lipinski definition) is 1. The lowest BCUT2D eigenvalue weighted by Gasteiger charge is -2.21. The molecule has 1 aromatic rings. The van der Waals surface area contributed by atoms with Crippen molar-refractivity contribution in [2.75, 3.05) is 5.88 Å². The van der Waals surface area contributed by atoms with Crippen LogP contribution in [0.25, 0.3) is 0 Å². The molecule has 1 aromatic carbocycles. The number of hydrogen-bond donors (Lipinski definition) is 1. The Bertz CT molecular complexity index is 335. The smallest absolute Gasteiger partial charge is 0.130 e. The topological polar surface area (TPSA) is 12.0 Å². The summed E-state index contributed by atoms with van der Waals surface area (Å²) in [5.41, 5.74) is 0.0905. The van der Waals surface area contributed by atoms with Gasteiger partial charge in [0.25, 0.3) is 0 Å². The maximum absolute atomic E-state index is 13.4. The van der Waals surface area contributed by atoms with E-state index in [0.717, 1.165) is 6.42 Å². The zero-order valence-electron chi connectivity index (χ0n) is 10.1. The number of benzene rings is 1. The van der Waals surface area contributed by atoms with E-state index in [1.807, 2.05) is 0 Å². The summed E-state index contributed by atoms with van der Waals surface area (Å²) in [7, 11) is 0. The van der Waals surface area contributed by atoms with Crippen LogP contribution in [0.4, 0.5) is 8.78 Å². The van der Waals surface area contributed by atoms with Crippen molar-refractivity contribution in [3.05, 3.63) is 35.4 Å². The van der Waals surface area contributed by atoms with E-state index in [4.69, 9.17) is 11.6 Å². The first-order valence-electron chi connectivity index (χ1n) is 5.78. The molecular weight excluding hydrogens is 244 g/mol. The third kappa shape index (κ3) is 4.25. The number of halogens is 3. The molecule has 0 aromatic heterocycles. The van der Waals surface area contributed by atoms with Crippen molar-refractivity contribution >= 4 is 11.6 Å². The highest BCUT2D eigenvalue weighted by atomic mass is 35.5. The van der Waals surface area contributed by atoms with Gasteiger partial charge in [-0.1, -0.05) is 19.9 Å². The van der Waals surface area contributed by atoms with Gasteiger partial charge in [-0.3, -0.25) is 0 Å². The molecule has 0 fully saturated rings. The summed E-state index contributed by atoms with van der Waals surface area (Å²) >= 11 is 5.70. The molecule has 0 spiro atoms. The van der Waals surface area contributed by atoms with Crippen LogP contribution in [-0.4, -0.2) is 11.9 Å². The summed E-state index contributed by atoms with van der Waals surface area (Å²) in [6.07, 6.45) is 0.787. The van der Waals surface area contributed by atoms with Gasteiger partial charge in [0.1, 0.15) is 11.6 Å². The number of alkyl halides is 1. The third-order valence-corrected chi connectivity index (χ3v) is 3.05. The van der Waals surface area contributed by atoms with Crippen molar-refractivity contribution in [2.45, 2.75) is 32.9 Å². The van der Waals surface area contributed by atoms with E-state index >= 15 is 0 Å².